The average Bonchev–Trinajstić information content (AvgIpc) is 2.34. The predicted molar refractivity (Wildman–Crippen MR) is 71.7 cm³/mol. The number of benzene rings is 1. The zero-order valence-corrected chi connectivity index (χ0v) is 11.3. The number of hydrogen-bond acceptors (Lipinski definition) is 4. The van der Waals surface area contributed by atoms with Crippen LogP contribution in [0.4, 0.5) is 10.5 Å². The number of rotatable bonds is 4. The monoisotopic (exact) mass is 264 g/mol. The number of carbonyl (C=O) groups is 1. The first-order chi connectivity index (χ1) is 8.83. The van der Waals surface area contributed by atoms with Crippen molar-refractivity contribution < 1.29 is 19.4 Å². The van der Waals surface area contributed by atoms with Crippen molar-refractivity contribution in [3.63, 3.8) is 0 Å². The fourth-order valence-corrected chi connectivity index (χ4v) is 1.42. The smallest absolute Gasteiger partial charge is 0.414 e. The molecule has 1 radical (unpaired) electrons. The van der Waals surface area contributed by atoms with Crippen molar-refractivity contribution in [3.05, 3.63) is 30.3 Å². The second kappa shape index (κ2) is 6.33. The second-order valence-electron chi connectivity index (χ2n) is 5.06. The Balaban J connectivity index is 2.93. The van der Waals surface area contributed by atoms with Crippen LogP contribution in [0.3, 0.4) is 0 Å². The largest absolute Gasteiger partial charge is 0.443 e. The van der Waals surface area contributed by atoms with Crippen LogP contribution >= 0.6 is 0 Å². The van der Waals surface area contributed by atoms with Crippen LogP contribution in [-0.4, -0.2) is 35.7 Å². The Morgan fingerprint density at radius 3 is 2.42 bits per heavy atom. The highest BCUT2D eigenvalue weighted by molar-refractivity contribution is 5.88. The lowest BCUT2D eigenvalue weighted by atomic mass is 10.2. The van der Waals surface area contributed by atoms with Crippen LogP contribution in [-0.2, 0) is 9.53 Å². The highest BCUT2D eigenvalue weighted by atomic mass is 16.6. The maximum Gasteiger partial charge on any atom is 0.414 e. The van der Waals surface area contributed by atoms with Crippen molar-refractivity contribution in [3.8, 4) is 0 Å². The minimum absolute atomic E-state index is 0.192. The van der Waals surface area contributed by atoms with Crippen LogP contribution in [0.15, 0.2) is 30.3 Å². The first-order valence-electron chi connectivity index (χ1n) is 5.95. The van der Waals surface area contributed by atoms with Gasteiger partial charge < -0.3 is 9.84 Å². The van der Waals surface area contributed by atoms with Gasteiger partial charge in [0.1, 0.15) is 11.7 Å². The van der Waals surface area contributed by atoms with Gasteiger partial charge in [-0.1, -0.05) is 18.2 Å². The molecule has 1 aromatic carbocycles. The Hall–Kier alpha value is -1.88. The fraction of sp³-hybridized carbons (Fsp3) is 0.429. The third-order valence-electron chi connectivity index (χ3n) is 2.17. The molecule has 0 aliphatic heterocycles. The van der Waals surface area contributed by atoms with Gasteiger partial charge in [-0.3, -0.25) is 9.69 Å². The van der Waals surface area contributed by atoms with Crippen LogP contribution in [0.5, 0.6) is 0 Å². The minimum atomic E-state index is -1.37. The van der Waals surface area contributed by atoms with Crippen molar-refractivity contribution in [2.75, 3.05) is 11.4 Å². The molecule has 0 aliphatic rings. The standard InChI is InChI=1S/C14H18NO4/c1-14(2,3)19-13(18)15(9-12(17)10-16)11-7-5-4-6-8-11/h4-8,12,17H,9H2,1-3H3/t12-/m0/s1. The van der Waals surface area contributed by atoms with Gasteiger partial charge in [-0.2, -0.15) is 0 Å². The molecule has 1 aromatic rings. The van der Waals surface area contributed by atoms with Crippen molar-refractivity contribution in [2.24, 2.45) is 0 Å². The van der Waals surface area contributed by atoms with E-state index in [9.17, 15) is 14.7 Å². The molecule has 5 nitrogen and oxygen atoms in total. The van der Waals surface area contributed by atoms with E-state index in [0.29, 0.717) is 5.69 Å². The van der Waals surface area contributed by atoms with E-state index in [4.69, 9.17) is 4.74 Å². The van der Waals surface area contributed by atoms with E-state index in [0.717, 1.165) is 0 Å². The zero-order valence-electron chi connectivity index (χ0n) is 11.3. The molecular weight excluding hydrogens is 246 g/mol. The first kappa shape index (κ1) is 15.2. The van der Waals surface area contributed by atoms with Gasteiger partial charge in [0.05, 0.1) is 6.54 Å². The maximum absolute atomic E-state index is 12.1. The number of ether oxygens (including phenoxy) is 1. The van der Waals surface area contributed by atoms with Crippen molar-refractivity contribution in [2.45, 2.75) is 32.5 Å². The maximum atomic E-state index is 12.1. The normalized spacial score (nSPS) is 12.6. The number of amides is 1. The van der Waals surface area contributed by atoms with E-state index >= 15 is 0 Å². The van der Waals surface area contributed by atoms with Gasteiger partial charge >= 0.3 is 6.09 Å². The fourth-order valence-electron chi connectivity index (χ4n) is 1.42. The lowest BCUT2D eigenvalue weighted by Crippen LogP contribution is -2.41. The molecule has 0 saturated carbocycles. The van der Waals surface area contributed by atoms with Crippen LogP contribution in [0.1, 0.15) is 20.8 Å². The molecule has 0 bridgehead atoms. The molecule has 1 rings (SSSR count). The summed E-state index contributed by atoms with van der Waals surface area (Å²) in [5.74, 6) is 0. The molecule has 5 heteroatoms. The summed E-state index contributed by atoms with van der Waals surface area (Å²) in [5.41, 5.74) is -0.106. The van der Waals surface area contributed by atoms with Gasteiger partial charge in [-0.05, 0) is 32.9 Å². The molecule has 103 valence electrons. The van der Waals surface area contributed by atoms with Crippen LogP contribution in [0, 0.1) is 0 Å². The van der Waals surface area contributed by atoms with Crippen molar-refractivity contribution in [1.29, 1.82) is 0 Å². The Morgan fingerprint density at radius 1 is 1.37 bits per heavy atom. The van der Waals surface area contributed by atoms with E-state index in [2.05, 4.69) is 0 Å². The molecule has 1 amide bonds. The Morgan fingerprint density at radius 2 is 1.95 bits per heavy atom. The van der Waals surface area contributed by atoms with E-state index in [1.165, 1.54) is 11.2 Å². The summed E-state index contributed by atoms with van der Waals surface area (Å²) in [7, 11) is 0. The van der Waals surface area contributed by atoms with E-state index in [1.54, 1.807) is 51.1 Å². The average molecular weight is 264 g/mol. The molecule has 19 heavy (non-hydrogen) atoms. The third kappa shape index (κ3) is 5.09. The van der Waals surface area contributed by atoms with Gasteiger partial charge in [0.15, 0.2) is 0 Å². The Bertz CT molecular complexity index is 425. The number of para-hydroxylation sites is 1. The van der Waals surface area contributed by atoms with Crippen LogP contribution in [0.2, 0.25) is 0 Å². The number of hydrogen-bond donors (Lipinski definition) is 1. The summed E-state index contributed by atoms with van der Waals surface area (Å²) in [6.45, 7) is 5.05. The molecule has 0 spiro atoms. The number of nitrogens with zero attached hydrogens (tertiary/aromatic N) is 1. The number of aliphatic hydroxyl groups is 1. The zero-order chi connectivity index (χ0) is 14.5. The first-order valence-corrected chi connectivity index (χ1v) is 5.95. The summed E-state index contributed by atoms with van der Waals surface area (Å²) in [5, 5.41) is 9.36. The van der Waals surface area contributed by atoms with E-state index < -0.39 is 17.8 Å². The highest BCUT2D eigenvalue weighted by Gasteiger charge is 2.25. The van der Waals surface area contributed by atoms with Gasteiger partial charge in [0.25, 0.3) is 0 Å². The molecule has 1 atom stereocenters. The summed E-state index contributed by atoms with van der Waals surface area (Å²) >= 11 is 0. The number of carbonyl (C=O) groups excluding carboxylic acids is 2. The highest BCUT2D eigenvalue weighted by Crippen LogP contribution is 2.18. The van der Waals surface area contributed by atoms with E-state index in [-0.39, 0.29) is 6.54 Å². The molecule has 0 aromatic heterocycles. The van der Waals surface area contributed by atoms with Crippen LogP contribution in [0.25, 0.3) is 0 Å². The SMILES string of the molecule is CC(C)(C)OC(=O)N(C[C@H](O)[C]=O)c1ccccc1. The van der Waals surface area contributed by atoms with Crippen molar-refractivity contribution in [1.82, 2.24) is 0 Å². The lowest BCUT2D eigenvalue weighted by molar-refractivity contribution is 0.0567. The summed E-state index contributed by atoms with van der Waals surface area (Å²) in [6.07, 6.45) is -0.546. The Labute approximate surface area is 112 Å². The molecular formula is C14H18NO4. The molecule has 0 saturated heterocycles. The van der Waals surface area contributed by atoms with Gasteiger partial charge in [-0.15, -0.1) is 0 Å². The number of anilines is 1. The molecule has 0 aliphatic carbocycles. The molecule has 0 fully saturated rings. The van der Waals surface area contributed by atoms with E-state index in [1.807, 2.05) is 0 Å². The lowest BCUT2D eigenvalue weighted by Gasteiger charge is -2.27. The third-order valence-corrected chi connectivity index (χ3v) is 2.17. The quantitative estimate of drug-likeness (QED) is 0.902. The molecule has 0 heterocycles. The summed E-state index contributed by atoms with van der Waals surface area (Å²) in [6, 6.07) is 8.70. The predicted octanol–water partition coefficient (Wildman–Crippen LogP) is 1.90. The van der Waals surface area contributed by atoms with Gasteiger partial charge in [0, 0.05) is 5.69 Å². The van der Waals surface area contributed by atoms with Crippen molar-refractivity contribution >= 4 is 18.1 Å². The number of aliphatic hydroxyl groups excluding tert-OH is 1. The second-order valence-corrected chi connectivity index (χ2v) is 5.06. The molecule has 1 N–H and O–H groups in total. The van der Waals surface area contributed by atoms with Gasteiger partial charge in [-0.25, -0.2) is 4.79 Å². The molecule has 0 unspecified atom stereocenters. The summed E-state index contributed by atoms with van der Waals surface area (Å²) < 4.78 is 5.25. The minimum Gasteiger partial charge on any atom is -0.443 e. The summed E-state index contributed by atoms with van der Waals surface area (Å²) in [4.78, 5) is 23.7. The van der Waals surface area contributed by atoms with Gasteiger partial charge in [0.2, 0.25) is 6.29 Å². The van der Waals surface area contributed by atoms with Crippen LogP contribution < -0.4 is 4.90 Å². The topological polar surface area (TPSA) is 66.8 Å². The Kier molecular flexibility index (Phi) is 5.06.